The smallest absolute Gasteiger partial charge is 0.160 e. The first kappa shape index (κ1) is 14.2. The van der Waals surface area contributed by atoms with Gasteiger partial charge in [0.25, 0.3) is 0 Å². The van der Waals surface area contributed by atoms with Gasteiger partial charge in [0, 0.05) is 17.6 Å². The number of phenolic OH excluding ortho intramolecular Hbond substituents is 2. The van der Waals surface area contributed by atoms with Crippen molar-refractivity contribution >= 4 is 17.0 Å². The van der Waals surface area contributed by atoms with Crippen molar-refractivity contribution < 1.29 is 10.2 Å². The van der Waals surface area contributed by atoms with Crippen LogP contribution < -0.4 is 0 Å². The van der Waals surface area contributed by atoms with Crippen molar-refractivity contribution in [3.63, 3.8) is 0 Å². The van der Waals surface area contributed by atoms with Gasteiger partial charge < -0.3 is 10.2 Å². The van der Waals surface area contributed by atoms with Gasteiger partial charge in [0.1, 0.15) is 0 Å². The average Bonchev–Trinajstić information content (AvgIpc) is 3.26. The summed E-state index contributed by atoms with van der Waals surface area (Å²) in [6.45, 7) is 1.26. The van der Waals surface area contributed by atoms with E-state index in [1.165, 1.54) is 37.8 Å². The van der Waals surface area contributed by atoms with Crippen molar-refractivity contribution in [3.8, 4) is 11.5 Å². The second kappa shape index (κ2) is 5.23. The Bertz CT molecular complexity index is 515. The Labute approximate surface area is 130 Å². The van der Waals surface area contributed by atoms with Gasteiger partial charge in [-0.25, -0.2) is 0 Å². The molecule has 2 atom stereocenters. The van der Waals surface area contributed by atoms with Gasteiger partial charge in [-0.3, -0.25) is 4.90 Å². The molecule has 4 rings (SSSR count). The molecule has 2 aliphatic carbocycles. The minimum atomic E-state index is 0. The molecule has 1 aromatic rings. The largest absolute Gasteiger partial charge is 0.504 e. The maximum atomic E-state index is 10.1. The number of nitrogens with zero attached hydrogens (tertiary/aromatic N) is 1. The molecule has 0 aromatic heterocycles. The standard InChI is InChI=1S/C16H21NO2.BrH/c18-15-8-6-11-12-2-1-9-17(10-3-4-10)14(12)7-5-13(11)16(15)19;/h6,8,10,12,14,18-19H,1-5,7,9H2;1H/t12-,14-;/m1./s1. The van der Waals surface area contributed by atoms with Crippen LogP contribution in [0.4, 0.5) is 0 Å². The summed E-state index contributed by atoms with van der Waals surface area (Å²) >= 11 is 0. The van der Waals surface area contributed by atoms with Gasteiger partial charge in [-0.1, -0.05) is 6.07 Å². The van der Waals surface area contributed by atoms with Gasteiger partial charge in [-0.05, 0) is 62.6 Å². The molecular weight excluding hydrogens is 318 g/mol. The highest BCUT2D eigenvalue weighted by atomic mass is 79.9. The summed E-state index contributed by atoms with van der Waals surface area (Å²) in [5.74, 6) is 0.719. The summed E-state index contributed by atoms with van der Waals surface area (Å²) in [4.78, 5) is 2.72. The summed E-state index contributed by atoms with van der Waals surface area (Å²) in [6, 6.07) is 5.20. The van der Waals surface area contributed by atoms with E-state index >= 15 is 0 Å². The number of phenols is 2. The molecule has 0 amide bonds. The van der Waals surface area contributed by atoms with Crippen LogP contribution in [0.2, 0.25) is 0 Å². The van der Waals surface area contributed by atoms with Crippen LogP contribution in [0.15, 0.2) is 12.1 Å². The molecule has 0 unspecified atom stereocenters. The SMILES string of the molecule is Br.Oc1ccc2c(c1O)CC[C@@H]1[C@@H]2CCCN1C1CC1. The Balaban J connectivity index is 0.00000121. The quantitative estimate of drug-likeness (QED) is 0.771. The molecule has 20 heavy (non-hydrogen) atoms. The van der Waals surface area contributed by atoms with Gasteiger partial charge in [0.05, 0.1) is 0 Å². The third-order valence-corrected chi connectivity index (χ3v) is 5.23. The second-order valence-electron chi connectivity index (χ2n) is 6.32. The molecule has 0 bridgehead atoms. The van der Waals surface area contributed by atoms with E-state index in [1.54, 1.807) is 6.07 Å². The Morgan fingerprint density at radius 1 is 1.05 bits per heavy atom. The van der Waals surface area contributed by atoms with Gasteiger partial charge in [0.2, 0.25) is 0 Å². The lowest BCUT2D eigenvalue weighted by Crippen LogP contribution is -2.47. The van der Waals surface area contributed by atoms with Crippen LogP contribution in [-0.4, -0.2) is 33.7 Å². The normalized spacial score (nSPS) is 29.2. The Hall–Kier alpha value is -0.740. The van der Waals surface area contributed by atoms with E-state index in [4.69, 9.17) is 0 Å². The highest BCUT2D eigenvalue weighted by molar-refractivity contribution is 8.93. The van der Waals surface area contributed by atoms with E-state index in [9.17, 15) is 10.2 Å². The zero-order valence-corrected chi connectivity index (χ0v) is 13.3. The monoisotopic (exact) mass is 339 g/mol. The number of piperidine rings is 1. The lowest BCUT2D eigenvalue weighted by atomic mass is 9.74. The minimum Gasteiger partial charge on any atom is -0.504 e. The molecule has 0 spiro atoms. The number of rotatable bonds is 1. The average molecular weight is 340 g/mol. The summed E-state index contributed by atoms with van der Waals surface area (Å²) < 4.78 is 0. The van der Waals surface area contributed by atoms with E-state index in [1.807, 2.05) is 6.07 Å². The minimum absolute atomic E-state index is 0. The fourth-order valence-electron chi connectivity index (χ4n) is 4.21. The van der Waals surface area contributed by atoms with Crippen molar-refractivity contribution in [2.75, 3.05) is 6.54 Å². The van der Waals surface area contributed by atoms with Crippen LogP contribution in [0.1, 0.15) is 49.1 Å². The molecule has 3 nitrogen and oxygen atoms in total. The third kappa shape index (κ3) is 2.13. The van der Waals surface area contributed by atoms with Crippen molar-refractivity contribution in [2.24, 2.45) is 0 Å². The zero-order chi connectivity index (χ0) is 13.0. The molecule has 1 saturated carbocycles. The Morgan fingerprint density at radius 3 is 2.60 bits per heavy atom. The van der Waals surface area contributed by atoms with Gasteiger partial charge in [-0.15, -0.1) is 17.0 Å². The van der Waals surface area contributed by atoms with Gasteiger partial charge >= 0.3 is 0 Å². The lowest BCUT2D eigenvalue weighted by Gasteiger charge is -2.45. The van der Waals surface area contributed by atoms with Crippen LogP contribution >= 0.6 is 17.0 Å². The van der Waals surface area contributed by atoms with E-state index in [0.717, 1.165) is 24.4 Å². The maximum absolute atomic E-state index is 10.1. The van der Waals surface area contributed by atoms with Gasteiger partial charge in [-0.2, -0.15) is 0 Å². The number of likely N-dealkylation sites (tertiary alicyclic amines) is 1. The summed E-state index contributed by atoms with van der Waals surface area (Å²) in [7, 11) is 0. The molecule has 2 fully saturated rings. The first-order valence-electron chi connectivity index (χ1n) is 7.55. The summed E-state index contributed by atoms with van der Waals surface area (Å²) in [6.07, 6.45) is 7.27. The van der Waals surface area contributed by atoms with Crippen LogP contribution in [0, 0.1) is 0 Å². The van der Waals surface area contributed by atoms with Crippen molar-refractivity contribution in [3.05, 3.63) is 23.3 Å². The highest BCUT2D eigenvalue weighted by Gasteiger charge is 2.42. The van der Waals surface area contributed by atoms with E-state index in [2.05, 4.69) is 4.90 Å². The van der Waals surface area contributed by atoms with Crippen LogP contribution in [0.25, 0.3) is 0 Å². The van der Waals surface area contributed by atoms with E-state index < -0.39 is 0 Å². The number of hydrogen-bond donors (Lipinski definition) is 2. The summed E-state index contributed by atoms with van der Waals surface area (Å²) in [5, 5.41) is 19.7. The molecule has 1 heterocycles. The third-order valence-electron chi connectivity index (χ3n) is 5.23. The molecule has 2 N–H and O–H groups in total. The maximum Gasteiger partial charge on any atom is 0.160 e. The molecule has 1 aromatic carbocycles. The lowest BCUT2D eigenvalue weighted by molar-refractivity contribution is 0.104. The second-order valence-corrected chi connectivity index (χ2v) is 6.32. The van der Waals surface area contributed by atoms with Crippen molar-refractivity contribution in [1.82, 2.24) is 4.90 Å². The molecule has 1 saturated heterocycles. The van der Waals surface area contributed by atoms with Gasteiger partial charge in [0.15, 0.2) is 11.5 Å². The fraction of sp³-hybridized carbons (Fsp3) is 0.625. The number of fused-ring (bicyclic) bond motifs is 3. The number of hydrogen-bond acceptors (Lipinski definition) is 3. The Morgan fingerprint density at radius 2 is 1.85 bits per heavy atom. The molecule has 3 aliphatic rings. The summed E-state index contributed by atoms with van der Waals surface area (Å²) in [5.41, 5.74) is 2.29. The number of benzene rings is 1. The number of aromatic hydroxyl groups is 2. The predicted molar refractivity (Wildman–Crippen MR) is 83.9 cm³/mol. The first-order chi connectivity index (χ1) is 9.25. The predicted octanol–water partition coefficient (Wildman–Crippen LogP) is 3.33. The topological polar surface area (TPSA) is 43.7 Å². The zero-order valence-electron chi connectivity index (χ0n) is 11.6. The van der Waals surface area contributed by atoms with Crippen LogP contribution in [-0.2, 0) is 6.42 Å². The van der Waals surface area contributed by atoms with Crippen LogP contribution in [0.3, 0.4) is 0 Å². The van der Waals surface area contributed by atoms with Crippen LogP contribution in [0.5, 0.6) is 11.5 Å². The van der Waals surface area contributed by atoms with E-state index in [0.29, 0.717) is 12.0 Å². The molecule has 4 heteroatoms. The molecular formula is C16H22BrNO2. The Kier molecular flexibility index (Phi) is 3.71. The highest BCUT2D eigenvalue weighted by Crippen LogP contribution is 2.47. The molecule has 0 radical (unpaired) electrons. The fourth-order valence-corrected chi connectivity index (χ4v) is 4.21. The van der Waals surface area contributed by atoms with E-state index in [-0.39, 0.29) is 28.5 Å². The number of halogens is 1. The molecule has 110 valence electrons. The first-order valence-corrected chi connectivity index (χ1v) is 7.55. The van der Waals surface area contributed by atoms with Crippen molar-refractivity contribution in [2.45, 2.75) is 56.5 Å². The van der Waals surface area contributed by atoms with Crippen molar-refractivity contribution in [1.29, 1.82) is 0 Å². The molecule has 1 aliphatic heterocycles.